The van der Waals surface area contributed by atoms with Crippen LogP contribution in [0.15, 0.2) is 157 Å². The molecule has 5 heteroatoms. The molecule has 3 aliphatic heterocycles. The van der Waals surface area contributed by atoms with Gasteiger partial charge in [0.25, 0.3) is 0 Å². The van der Waals surface area contributed by atoms with Gasteiger partial charge in [0.15, 0.2) is 0 Å². The molecular formula is C44H34N4Zn-2. The Balaban J connectivity index is 0.00000348. The molecular weight excluding hydrogens is 650 g/mol. The van der Waals surface area contributed by atoms with E-state index in [1.807, 2.05) is 0 Å². The smallest absolute Gasteiger partial charge is 0.681 e. The molecule has 8 bridgehead atoms. The van der Waals surface area contributed by atoms with Gasteiger partial charge in [-0.3, -0.25) is 0 Å². The molecule has 0 aliphatic carbocycles. The summed E-state index contributed by atoms with van der Waals surface area (Å²) in [6.45, 7) is 0. The molecule has 4 nitrogen and oxygen atoms in total. The van der Waals surface area contributed by atoms with E-state index in [1.165, 1.54) is 11.1 Å². The zero-order valence-corrected chi connectivity index (χ0v) is 30.3. The van der Waals surface area contributed by atoms with E-state index in [1.54, 1.807) is 0 Å². The van der Waals surface area contributed by atoms with E-state index in [2.05, 4.69) is 146 Å². The van der Waals surface area contributed by atoms with Gasteiger partial charge in [-0.25, -0.2) is 0 Å². The molecule has 6 aromatic rings. The SMILES string of the molecule is [Zn+2].c1ccc(/C2=C3\CCC([N-]3)/C(c3ccccc3)=c3/cc/c([n-]3)=C(\c3ccccc3)C3CC/C(=C(\c4ccccc4)c4ccc2[n-]4)[N-]3)cc1. The van der Waals surface area contributed by atoms with Crippen molar-refractivity contribution in [3.05, 3.63) is 212 Å². The molecule has 49 heavy (non-hydrogen) atoms. The number of nitrogens with zero attached hydrogens (tertiary/aromatic N) is 4. The molecule has 0 radical (unpaired) electrons. The van der Waals surface area contributed by atoms with Crippen molar-refractivity contribution in [1.29, 1.82) is 0 Å². The summed E-state index contributed by atoms with van der Waals surface area (Å²) >= 11 is 0. The van der Waals surface area contributed by atoms with E-state index in [9.17, 15) is 0 Å². The minimum Gasteiger partial charge on any atom is -0.681 e. The molecule has 3 aliphatic rings. The third-order valence-electron chi connectivity index (χ3n) is 9.81. The topological polar surface area (TPSA) is 56.4 Å². The molecule has 0 spiro atoms. The molecule has 0 saturated carbocycles. The maximum absolute atomic E-state index is 5.52. The number of rotatable bonds is 4. The van der Waals surface area contributed by atoms with Crippen LogP contribution in [-0.4, -0.2) is 12.1 Å². The monoisotopic (exact) mass is 682 g/mol. The van der Waals surface area contributed by atoms with Crippen LogP contribution in [0.2, 0.25) is 0 Å². The van der Waals surface area contributed by atoms with Gasteiger partial charge in [0, 0.05) is 0 Å². The Hall–Kier alpha value is -5.12. The Bertz CT molecular complexity index is 2120. The molecule has 2 aromatic heterocycles. The first-order valence-electron chi connectivity index (χ1n) is 16.9. The van der Waals surface area contributed by atoms with Crippen molar-refractivity contribution in [2.24, 2.45) is 0 Å². The molecule has 234 valence electrons. The Morgan fingerprint density at radius 2 is 0.755 bits per heavy atom. The van der Waals surface area contributed by atoms with Crippen molar-refractivity contribution in [1.82, 2.24) is 9.97 Å². The first-order valence-corrected chi connectivity index (χ1v) is 16.9. The third-order valence-corrected chi connectivity index (χ3v) is 9.81. The maximum atomic E-state index is 5.52. The van der Waals surface area contributed by atoms with Crippen LogP contribution in [0.1, 0.15) is 59.3 Å². The number of hydrogen-bond acceptors (Lipinski definition) is 0. The van der Waals surface area contributed by atoms with Crippen LogP contribution in [0.5, 0.6) is 0 Å². The quantitative estimate of drug-likeness (QED) is 0.176. The van der Waals surface area contributed by atoms with Gasteiger partial charge in [0.05, 0.1) is 0 Å². The molecule has 2 unspecified atom stereocenters. The molecule has 2 saturated heterocycles. The number of allylic oxidation sites excluding steroid dienone is 2. The van der Waals surface area contributed by atoms with Gasteiger partial charge in [-0.1, -0.05) is 193 Å². The predicted molar refractivity (Wildman–Crippen MR) is 194 cm³/mol. The summed E-state index contributed by atoms with van der Waals surface area (Å²) in [7, 11) is 0. The third kappa shape index (κ3) is 5.83. The average molecular weight is 684 g/mol. The van der Waals surface area contributed by atoms with Crippen molar-refractivity contribution in [3.63, 3.8) is 0 Å². The van der Waals surface area contributed by atoms with Gasteiger partial charge in [0.1, 0.15) is 0 Å². The van der Waals surface area contributed by atoms with Crippen LogP contribution in [0.4, 0.5) is 0 Å². The van der Waals surface area contributed by atoms with Crippen molar-refractivity contribution >= 4 is 22.3 Å². The van der Waals surface area contributed by atoms with Crippen LogP contribution in [0.3, 0.4) is 0 Å². The van der Waals surface area contributed by atoms with Crippen molar-refractivity contribution in [2.45, 2.75) is 37.8 Å². The molecule has 2 atom stereocenters. The number of fused-ring (bicyclic) bond motifs is 8. The largest absolute Gasteiger partial charge is 2.00 e. The Morgan fingerprint density at radius 3 is 1.14 bits per heavy atom. The first kappa shape index (κ1) is 31.2. The van der Waals surface area contributed by atoms with Crippen LogP contribution in [0.25, 0.3) is 32.9 Å². The standard InChI is InChI=1S/C44H34N4.Zn/c1-5-13-29(14-6-1)41-33-21-23-35(45-33)42(30-15-7-2-8-16-30)37-25-27-39(47-37)44(32-19-11-4-12-20-32)40-28-26-38(48-40)43(31-17-9-3-10-18-31)36-24-22-34(41)46-36;/h1-21,23,26,28,34,37H,22,24-25,27H2;/q-4;+2/b41-33-,42-35-,43-36-,44-39-;. The fourth-order valence-electron chi connectivity index (χ4n) is 7.67. The van der Waals surface area contributed by atoms with Crippen LogP contribution in [0, 0.1) is 0 Å². The Morgan fingerprint density at radius 1 is 0.388 bits per heavy atom. The van der Waals surface area contributed by atoms with Crippen LogP contribution < -0.4 is 20.7 Å². The van der Waals surface area contributed by atoms with Gasteiger partial charge in [0.2, 0.25) is 0 Å². The van der Waals surface area contributed by atoms with Crippen LogP contribution >= 0.6 is 0 Å². The summed E-state index contributed by atoms with van der Waals surface area (Å²) in [5.74, 6) is 0. The van der Waals surface area contributed by atoms with Crippen molar-refractivity contribution in [2.75, 3.05) is 0 Å². The Kier molecular flexibility index (Phi) is 8.53. The van der Waals surface area contributed by atoms with E-state index in [0.717, 1.165) is 92.6 Å². The van der Waals surface area contributed by atoms with E-state index < -0.39 is 0 Å². The van der Waals surface area contributed by atoms with Gasteiger partial charge in [-0.05, 0) is 35.1 Å². The van der Waals surface area contributed by atoms with E-state index >= 15 is 0 Å². The zero-order valence-electron chi connectivity index (χ0n) is 27.3. The van der Waals surface area contributed by atoms with Crippen molar-refractivity contribution < 1.29 is 19.5 Å². The molecule has 0 amide bonds. The van der Waals surface area contributed by atoms with E-state index in [-0.39, 0.29) is 31.6 Å². The van der Waals surface area contributed by atoms with Gasteiger partial charge in [-0.15, -0.1) is 22.1 Å². The first-order chi connectivity index (χ1) is 23.8. The Labute approximate surface area is 300 Å². The molecule has 4 aromatic carbocycles. The minimum atomic E-state index is -0.0195. The van der Waals surface area contributed by atoms with Gasteiger partial charge in [-0.2, -0.15) is 11.4 Å². The molecule has 9 rings (SSSR count). The van der Waals surface area contributed by atoms with Gasteiger partial charge < -0.3 is 20.6 Å². The fraction of sp³-hybridized carbons (Fsp3) is 0.136. The molecule has 2 fully saturated rings. The normalized spacial score (nSPS) is 23.8. The summed E-state index contributed by atoms with van der Waals surface area (Å²) in [5.41, 5.74) is 13.3. The number of benzene rings is 4. The summed E-state index contributed by atoms with van der Waals surface area (Å²) in [5, 5.41) is 13.0. The number of hydrogen-bond donors (Lipinski definition) is 0. The van der Waals surface area contributed by atoms with Crippen LogP contribution in [-0.2, 0) is 19.5 Å². The predicted octanol–water partition coefficient (Wildman–Crippen LogP) is 8.30. The molecule has 5 heterocycles. The van der Waals surface area contributed by atoms with Gasteiger partial charge >= 0.3 is 19.5 Å². The second kappa shape index (κ2) is 13.4. The second-order valence-corrected chi connectivity index (χ2v) is 12.7. The summed E-state index contributed by atoms with van der Waals surface area (Å²) in [6, 6.07) is 51.3. The summed E-state index contributed by atoms with van der Waals surface area (Å²) in [6.07, 6.45) is 3.56. The van der Waals surface area contributed by atoms with E-state index in [4.69, 9.17) is 20.6 Å². The minimum absolute atomic E-state index is 0. The summed E-state index contributed by atoms with van der Waals surface area (Å²) < 4.78 is 0. The zero-order chi connectivity index (χ0) is 31.9. The van der Waals surface area contributed by atoms with E-state index in [0.29, 0.717) is 0 Å². The maximum Gasteiger partial charge on any atom is 2.00 e. The fourth-order valence-corrected chi connectivity index (χ4v) is 7.67. The van der Waals surface area contributed by atoms with Crippen molar-refractivity contribution in [3.8, 4) is 0 Å². The average Bonchev–Trinajstić information content (AvgIpc) is 3.98. The number of aromatic nitrogens is 2. The second-order valence-electron chi connectivity index (χ2n) is 12.7. The summed E-state index contributed by atoms with van der Waals surface area (Å²) in [4.78, 5) is 10.8. The molecule has 0 N–H and O–H groups in total.